The fourth-order valence-electron chi connectivity index (χ4n) is 3.06. The van der Waals surface area contributed by atoms with Crippen LogP contribution in [-0.2, 0) is 14.3 Å². The summed E-state index contributed by atoms with van der Waals surface area (Å²) in [5.74, 6) is 0.633. The molecule has 0 aliphatic carbocycles. The normalized spacial score (nSPS) is 16.1. The van der Waals surface area contributed by atoms with Gasteiger partial charge in [-0.05, 0) is 24.3 Å². The highest BCUT2D eigenvalue weighted by atomic mass is 16.5. The highest BCUT2D eigenvalue weighted by molar-refractivity contribution is 6.03. The van der Waals surface area contributed by atoms with Gasteiger partial charge in [-0.2, -0.15) is 0 Å². The van der Waals surface area contributed by atoms with Crippen LogP contribution < -0.4 is 19.7 Å². The first-order valence-electron chi connectivity index (χ1n) is 9.08. The molecule has 1 aliphatic heterocycles. The number of methoxy groups -OCH3 is 2. The molecule has 1 aliphatic rings. The maximum Gasteiger partial charge on any atom is 0.229 e. The molecular formula is C21H24N2O5. The number of rotatable bonds is 8. The summed E-state index contributed by atoms with van der Waals surface area (Å²) in [7, 11) is 3.19. The van der Waals surface area contributed by atoms with Crippen LogP contribution in [0.25, 0.3) is 0 Å². The lowest BCUT2D eigenvalue weighted by Gasteiger charge is -2.17. The van der Waals surface area contributed by atoms with E-state index in [4.69, 9.17) is 14.2 Å². The molecule has 0 bridgehead atoms. The first-order chi connectivity index (χ1) is 13.6. The molecular weight excluding hydrogens is 360 g/mol. The lowest BCUT2D eigenvalue weighted by atomic mass is 10.1. The van der Waals surface area contributed by atoms with Gasteiger partial charge in [0, 0.05) is 43.6 Å². The van der Waals surface area contributed by atoms with Gasteiger partial charge in [0.1, 0.15) is 18.1 Å². The number of hydrogen-bond donors (Lipinski definition) is 1. The molecule has 0 radical (unpaired) electrons. The highest BCUT2D eigenvalue weighted by Crippen LogP contribution is 2.28. The number of carbonyl (C=O) groups excluding carboxylic acids is 2. The Balaban J connectivity index is 1.62. The van der Waals surface area contributed by atoms with Gasteiger partial charge in [0.2, 0.25) is 11.8 Å². The van der Waals surface area contributed by atoms with Gasteiger partial charge in [-0.3, -0.25) is 9.59 Å². The van der Waals surface area contributed by atoms with Gasteiger partial charge in [0.25, 0.3) is 0 Å². The highest BCUT2D eigenvalue weighted by Gasteiger charge is 2.35. The van der Waals surface area contributed by atoms with E-state index >= 15 is 0 Å². The summed E-state index contributed by atoms with van der Waals surface area (Å²) in [6.45, 7) is 1.25. The van der Waals surface area contributed by atoms with Crippen LogP contribution in [0.5, 0.6) is 11.5 Å². The van der Waals surface area contributed by atoms with Crippen LogP contribution >= 0.6 is 0 Å². The van der Waals surface area contributed by atoms with Crippen molar-refractivity contribution in [2.24, 2.45) is 5.92 Å². The van der Waals surface area contributed by atoms with E-state index in [1.807, 2.05) is 24.3 Å². The molecule has 2 aromatic carbocycles. The summed E-state index contributed by atoms with van der Waals surface area (Å²) in [4.78, 5) is 26.7. The fraction of sp³-hybridized carbons (Fsp3) is 0.333. The number of anilines is 2. The van der Waals surface area contributed by atoms with Gasteiger partial charge in [-0.15, -0.1) is 0 Å². The predicted molar refractivity (Wildman–Crippen MR) is 106 cm³/mol. The number of ether oxygens (including phenoxy) is 3. The van der Waals surface area contributed by atoms with Crippen molar-refractivity contribution >= 4 is 23.2 Å². The van der Waals surface area contributed by atoms with Gasteiger partial charge in [-0.1, -0.05) is 12.1 Å². The molecule has 3 rings (SSSR count). The van der Waals surface area contributed by atoms with Crippen LogP contribution in [0, 0.1) is 5.92 Å². The van der Waals surface area contributed by atoms with Crippen molar-refractivity contribution in [3.63, 3.8) is 0 Å². The SMILES string of the molecule is COCCOc1cccc(NC(=O)C2CC(=O)N(c3cccc(OC)c3)C2)c1. The maximum atomic E-state index is 12.7. The van der Waals surface area contributed by atoms with Crippen molar-refractivity contribution in [3.8, 4) is 11.5 Å². The Labute approximate surface area is 164 Å². The van der Waals surface area contributed by atoms with E-state index in [2.05, 4.69) is 5.32 Å². The second-order valence-corrected chi connectivity index (χ2v) is 6.47. The third kappa shape index (κ3) is 4.80. The molecule has 1 N–H and O–H groups in total. The van der Waals surface area contributed by atoms with Crippen LogP contribution in [0.4, 0.5) is 11.4 Å². The molecule has 1 fully saturated rings. The average molecular weight is 384 g/mol. The lowest BCUT2D eigenvalue weighted by Crippen LogP contribution is -2.28. The molecule has 28 heavy (non-hydrogen) atoms. The molecule has 1 saturated heterocycles. The van der Waals surface area contributed by atoms with Crippen molar-refractivity contribution in [2.45, 2.75) is 6.42 Å². The minimum absolute atomic E-state index is 0.0787. The number of nitrogens with one attached hydrogen (secondary N) is 1. The topological polar surface area (TPSA) is 77.1 Å². The summed E-state index contributed by atoms with van der Waals surface area (Å²) >= 11 is 0. The van der Waals surface area contributed by atoms with Crippen LogP contribution in [0.3, 0.4) is 0 Å². The van der Waals surface area contributed by atoms with Gasteiger partial charge >= 0.3 is 0 Å². The third-order valence-electron chi connectivity index (χ3n) is 4.52. The van der Waals surface area contributed by atoms with Crippen LogP contribution in [0.2, 0.25) is 0 Å². The maximum absolute atomic E-state index is 12.7. The van der Waals surface area contributed by atoms with Gasteiger partial charge in [-0.25, -0.2) is 0 Å². The number of nitrogens with zero attached hydrogens (tertiary/aromatic N) is 1. The van der Waals surface area contributed by atoms with Gasteiger partial charge in [0.05, 0.1) is 19.6 Å². The molecule has 1 heterocycles. The molecule has 148 valence electrons. The van der Waals surface area contributed by atoms with Crippen LogP contribution in [-0.4, -0.2) is 45.8 Å². The number of amides is 2. The Bertz CT molecular complexity index is 839. The van der Waals surface area contributed by atoms with E-state index < -0.39 is 5.92 Å². The first kappa shape index (κ1) is 19.7. The number of hydrogen-bond acceptors (Lipinski definition) is 5. The van der Waals surface area contributed by atoms with Crippen molar-refractivity contribution in [3.05, 3.63) is 48.5 Å². The second kappa shape index (κ2) is 9.23. The molecule has 7 heteroatoms. The first-order valence-corrected chi connectivity index (χ1v) is 9.08. The Morgan fingerprint density at radius 2 is 1.89 bits per heavy atom. The zero-order valence-electron chi connectivity index (χ0n) is 16.0. The zero-order chi connectivity index (χ0) is 19.9. The zero-order valence-corrected chi connectivity index (χ0v) is 16.0. The monoisotopic (exact) mass is 384 g/mol. The number of carbonyl (C=O) groups is 2. The standard InChI is InChI=1S/C21H24N2O5/c1-26-9-10-28-19-8-3-5-16(12-19)22-21(25)15-11-20(24)23(14-15)17-6-4-7-18(13-17)27-2/h3-8,12-13,15H,9-11,14H2,1-2H3,(H,22,25). The summed E-state index contributed by atoms with van der Waals surface area (Å²) in [6, 6.07) is 14.4. The number of benzene rings is 2. The summed E-state index contributed by atoms with van der Waals surface area (Å²) < 4.78 is 15.7. The molecule has 1 unspecified atom stereocenters. The van der Waals surface area contributed by atoms with Crippen molar-refractivity contribution in [1.82, 2.24) is 0 Å². The van der Waals surface area contributed by atoms with E-state index in [-0.39, 0.29) is 18.2 Å². The predicted octanol–water partition coefficient (Wildman–Crippen LogP) is 2.71. The Kier molecular flexibility index (Phi) is 6.49. The van der Waals surface area contributed by atoms with Gasteiger partial charge in [0.15, 0.2) is 0 Å². The molecule has 2 aromatic rings. The second-order valence-electron chi connectivity index (χ2n) is 6.47. The summed E-state index contributed by atoms with van der Waals surface area (Å²) in [5.41, 5.74) is 1.36. The fourth-order valence-corrected chi connectivity index (χ4v) is 3.06. The molecule has 0 aromatic heterocycles. The van der Waals surface area contributed by atoms with Crippen molar-refractivity contribution < 1.29 is 23.8 Å². The Hall–Kier alpha value is -3.06. The summed E-state index contributed by atoms with van der Waals surface area (Å²) in [6.07, 6.45) is 0.174. The van der Waals surface area contributed by atoms with Crippen molar-refractivity contribution in [1.29, 1.82) is 0 Å². The van der Waals surface area contributed by atoms with E-state index in [0.717, 1.165) is 5.69 Å². The average Bonchev–Trinajstić information content (AvgIpc) is 3.10. The lowest BCUT2D eigenvalue weighted by molar-refractivity contribution is -0.122. The molecule has 1 atom stereocenters. The Morgan fingerprint density at radius 1 is 1.11 bits per heavy atom. The smallest absolute Gasteiger partial charge is 0.229 e. The summed E-state index contributed by atoms with van der Waals surface area (Å²) in [5, 5.41) is 2.88. The largest absolute Gasteiger partial charge is 0.497 e. The third-order valence-corrected chi connectivity index (χ3v) is 4.52. The quantitative estimate of drug-likeness (QED) is 0.708. The van der Waals surface area contributed by atoms with E-state index in [9.17, 15) is 9.59 Å². The Morgan fingerprint density at radius 3 is 2.68 bits per heavy atom. The van der Waals surface area contributed by atoms with Crippen molar-refractivity contribution in [2.75, 3.05) is 44.2 Å². The van der Waals surface area contributed by atoms with E-state index in [0.29, 0.717) is 36.9 Å². The molecule has 2 amide bonds. The van der Waals surface area contributed by atoms with Crippen LogP contribution in [0.15, 0.2) is 48.5 Å². The molecule has 7 nitrogen and oxygen atoms in total. The van der Waals surface area contributed by atoms with Crippen LogP contribution in [0.1, 0.15) is 6.42 Å². The van der Waals surface area contributed by atoms with E-state index in [1.165, 1.54) is 0 Å². The van der Waals surface area contributed by atoms with Gasteiger partial charge < -0.3 is 24.4 Å². The minimum atomic E-state index is -0.420. The molecule has 0 saturated carbocycles. The van der Waals surface area contributed by atoms with E-state index in [1.54, 1.807) is 43.4 Å². The minimum Gasteiger partial charge on any atom is -0.497 e. The molecule has 0 spiro atoms.